The molecular weight excluding hydrogens is 228 g/mol. The second-order valence-electron chi connectivity index (χ2n) is 2.11. The number of hydrogen-bond donors (Lipinski definition) is 2. The first-order chi connectivity index (χ1) is 4.83. The first-order valence-electron chi connectivity index (χ1n) is 3.42. The minimum Gasteiger partial charge on any atom is -0.389 e. The van der Waals surface area contributed by atoms with Crippen molar-refractivity contribution in [3.05, 3.63) is 0 Å². The summed E-state index contributed by atoms with van der Waals surface area (Å²) in [5.41, 5.74) is 0. The van der Waals surface area contributed by atoms with Crippen LogP contribution in [0.25, 0.3) is 0 Å². The fourth-order valence-electron chi connectivity index (χ4n) is 0.747. The standard InChI is InChI=1S/C6H12N2OS.BrH/c1-2-10-6-7-3-5(9)4-8-6;/h5,9H,2-4H2,1H3,(H,7,8);1H. The van der Waals surface area contributed by atoms with Gasteiger partial charge in [0.2, 0.25) is 0 Å². The molecule has 0 saturated carbocycles. The fraction of sp³-hybridized carbons (Fsp3) is 0.833. The molecule has 0 amide bonds. The predicted molar refractivity (Wildman–Crippen MR) is 54.8 cm³/mol. The molecule has 0 saturated heterocycles. The van der Waals surface area contributed by atoms with E-state index in [1.54, 1.807) is 11.8 Å². The topological polar surface area (TPSA) is 44.6 Å². The van der Waals surface area contributed by atoms with Crippen molar-refractivity contribution in [1.82, 2.24) is 5.32 Å². The Kier molecular flexibility index (Phi) is 5.99. The van der Waals surface area contributed by atoms with Crippen molar-refractivity contribution in [1.29, 1.82) is 0 Å². The highest BCUT2D eigenvalue weighted by atomic mass is 79.9. The van der Waals surface area contributed by atoms with Gasteiger partial charge in [0.1, 0.15) is 0 Å². The van der Waals surface area contributed by atoms with Crippen LogP contribution in [0.3, 0.4) is 0 Å². The van der Waals surface area contributed by atoms with Crippen molar-refractivity contribution >= 4 is 33.9 Å². The molecule has 0 aromatic heterocycles. The zero-order valence-electron chi connectivity index (χ0n) is 6.41. The van der Waals surface area contributed by atoms with Crippen molar-refractivity contribution in [2.75, 3.05) is 18.8 Å². The summed E-state index contributed by atoms with van der Waals surface area (Å²) in [6, 6.07) is 0. The number of aliphatic imine (C=N–C) groups is 1. The fourth-order valence-corrected chi connectivity index (χ4v) is 1.37. The second kappa shape index (κ2) is 5.85. The molecule has 1 heterocycles. The molecule has 1 aliphatic rings. The van der Waals surface area contributed by atoms with E-state index in [4.69, 9.17) is 5.11 Å². The molecular formula is C6H13BrN2OS. The van der Waals surface area contributed by atoms with E-state index in [9.17, 15) is 0 Å². The van der Waals surface area contributed by atoms with Crippen molar-refractivity contribution in [3.8, 4) is 0 Å². The SMILES string of the molecule is Br.CCSC1=NCC(O)CN1. The van der Waals surface area contributed by atoms with Crippen LogP contribution in [0.4, 0.5) is 0 Å². The number of thioether (sulfide) groups is 1. The van der Waals surface area contributed by atoms with Crippen LogP contribution in [0.5, 0.6) is 0 Å². The minimum atomic E-state index is -0.291. The largest absolute Gasteiger partial charge is 0.389 e. The van der Waals surface area contributed by atoms with Crippen LogP contribution in [0.2, 0.25) is 0 Å². The predicted octanol–water partition coefficient (Wildman–Crippen LogP) is 0.638. The molecule has 0 aromatic rings. The number of hydrogen-bond acceptors (Lipinski definition) is 4. The van der Waals surface area contributed by atoms with Crippen molar-refractivity contribution in [2.24, 2.45) is 4.99 Å². The highest BCUT2D eigenvalue weighted by Gasteiger charge is 2.10. The number of nitrogens with one attached hydrogen (secondary N) is 1. The van der Waals surface area contributed by atoms with E-state index in [0.29, 0.717) is 13.1 Å². The molecule has 3 nitrogen and oxygen atoms in total. The molecule has 1 aliphatic heterocycles. The number of amidine groups is 1. The Balaban J connectivity index is 0.000001000. The zero-order valence-corrected chi connectivity index (χ0v) is 8.94. The van der Waals surface area contributed by atoms with Crippen molar-refractivity contribution in [3.63, 3.8) is 0 Å². The smallest absolute Gasteiger partial charge is 0.156 e. The normalized spacial score (nSPS) is 23.1. The molecule has 0 fully saturated rings. The monoisotopic (exact) mass is 240 g/mol. The Labute approximate surface area is 81.4 Å². The van der Waals surface area contributed by atoms with Gasteiger partial charge in [0, 0.05) is 6.54 Å². The maximum absolute atomic E-state index is 9.02. The molecule has 5 heteroatoms. The summed E-state index contributed by atoms with van der Waals surface area (Å²) in [4.78, 5) is 4.12. The number of halogens is 1. The Hall–Kier alpha value is 0.260. The van der Waals surface area contributed by atoms with Gasteiger partial charge in [-0.3, -0.25) is 4.99 Å². The van der Waals surface area contributed by atoms with Gasteiger partial charge < -0.3 is 10.4 Å². The third-order valence-electron chi connectivity index (χ3n) is 1.22. The van der Waals surface area contributed by atoms with Gasteiger partial charge in [-0.25, -0.2) is 0 Å². The lowest BCUT2D eigenvalue weighted by atomic mass is 10.3. The van der Waals surface area contributed by atoms with E-state index in [-0.39, 0.29) is 23.1 Å². The minimum absolute atomic E-state index is 0. The quantitative estimate of drug-likeness (QED) is 0.708. The van der Waals surface area contributed by atoms with Crippen LogP contribution in [0, 0.1) is 0 Å². The molecule has 0 aromatic carbocycles. The summed E-state index contributed by atoms with van der Waals surface area (Å²) in [7, 11) is 0. The molecule has 2 N–H and O–H groups in total. The molecule has 0 spiro atoms. The Morgan fingerprint density at radius 1 is 1.82 bits per heavy atom. The Morgan fingerprint density at radius 3 is 3.00 bits per heavy atom. The molecule has 1 rings (SSSR count). The molecule has 1 unspecified atom stereocenters. The van der Waals surface area contributed by atoms with Gasteiger partial charge >= 0.3 is 0 Å². The van der Waals surface area contributed by atoms with Gasteiger partial charge in [-0.15, -0.1) is 17.0 Å². The third kappa shape index (κ3) is 3.98. The van der Waals surface area contributed by atoms with Gasteiger partial charge in [-0.05, 0) is 5.75 Å². The molecule has 11 heavy (non-hydrogen) atoms. The molecule has 0 bridgehead atoms. The lowest BCUT2D eigenvalue weighted by Crippen LogP contribution is -2.37. The van der Waals surface area contributed by atoms with Gasteiger partial charge in [0.25, 0.3) is 0 Å². The van der Waals surface area contributed by atoms with Gasteiger partial charge in [0.05, 0.1) is 12.6 Å². The summed E-state index contributed by atoms with van der Waals surface area (Å²) < 4.78 is 0. The van der Waals surface area contributed by atoms with E-state index in [1.165, 1.54) is 0 Å². The van der Waals surface area contributed by atoms with E-state index >= 15 is 0 Å². The first-order valence-corrected chi connectivity index (χ1v) is 4.40. The molecule has 0 radical (unpaired) electrons. The van der Waals surface area contributed by atoms with Crippen LogP contribution in [-0.2, 0) is 0 Å². The second-order valence-corrected chi connectivity index (χ2v) is 3.37. The lowest BCUT2D eigenvalue weighted by molar-refractivity contribution is 0.182. The lowest BCUT2D eigenvalue weighted by Gasteiger charge is -2.17. The summed E-state index contributed by atoms with van der Waals surface area (Å²) in [5, 5.41) is 13.0. The molecule has 1 atom stereocenters. The average molecular weight is 241 g/mol. The average Bonchev–Trinajstić information content (AvgIpc) is 1.95. The Morgan fingerprint density at radius 2 is 2.55 bits per heavy atom. The first kappa shape index (κ1) is 11.3. The summed E-state index contributed by atoms with van der Waals surface area (Å²) >= 11 is 1.68. The maximum atomic E-state index is 9.02. The van der Waals surface area contributed by atoms with Crippen LogP contribution >= 0.6 is 28.7 Å². The number of aliphatic hydroxyl groups excluding tert-OH is 1. The number of rotatable bonds is 1. The van der Waals surface area contributed by atoms with E-state index in [2.05, 4.69) is 17.2 Å². The van der Waals surface area contributed by atoms with E-state index in [1.807, 2.05) is 0 Å². The van der Waals surface area contributed by atoms with Crippen LogP contribution in [0.1, 0.15) is 6.92 Å². The maximum Gasteiger partial charge on any atom is 0.156 e. The number of nitrogens with zero attached hydrogens (tertiary/aromatic N) is 1. The third-order valence-corrected chi connectivity index (χ3v) is 2.05. The highest BCUT2D eigenvalue weighted by molar-refractivity contribution is 8.93. The van der Waals surface area contributed by atoms with Crippen LogP contribution < -0.4 is 5.32 Å². The summed E-state index contributed by atoms with van der Waals surface area (Å²) in [6.07, 6.45) is -0.291. The number of aliphatic hydroxyl groups is 1. The number of β-amino-alcohol motifs (C(OH)–C–C–N with tert-alkyl or cyclic N) is 1. The van der Waals surface area contributed by atoms with Gasteiger partial charge in [-0.2, -0.15) is 0 Å². The molecule has 66 valence electrons. The van der Waals surface area contributed by atoms with E-state index < -0.39 is 0 Å². The van der Waals surface area contributed by atoms with Crippen molar-refractivity contribution in [2.45, 2.75) is 13.0 Å². The van der Waals surface area contributed by atoms with Crippen LogP contribution in [-0.4, -0.2) is 35.2 Å². The highest BCUT2D eigenvalue weighted by Crippen LogP contribution is 2.04. The van der Waals surface area contributed by atoms with Gasteiger partial charge in [0.15, 0.2) is 5.17 Å². The van der Waals surface area contributed by atoms with Crippen LogP contribution in [0.15, 0.2) is 4.99 Å². The summed E-state index contributed by atoms with van der Waals surface area (Å²) in [6.45, 7) is 3.28. The molecule has 0 aliphatic carbocycles. The zero-order chi connectivity index (χ0) is 7.40. The van der Waals surface area contributed by atoms with E-state index in [0.717, 1.165) is 10.9 Å². The van der Waals surface area contributed by atoms with Crippen molar-refractivity contribution < 1.29 is 5.11 Å². The summed E-state index contributed by atoms with van der Waals surface area (Å²) in [5.74, 6) is 1.03. The van der Waals surface area contributed by atoms with Gasteiger partial charge in [-0.1, -0.05) is 18.7 Å². The Bertz CT molecular complexity index is 143.